The van der Waals surface area contributed by atoms with E-state index in [-0.39, 0.29) is 0 Å². The number of thiazole rings is 1. The van der Waals surface area contributed by atoms with Crippen molar-refractivity contribution in [1.29, 1.82) is 0 Å². The molecule has 5 heteroatoms. The van der Waals surface area contributed by atoms with E-state index in [1.54, 1.807) is 17.5 Å². The first kappa shape index (κ1) is 9.50. The summed E-state index contributed by atoms with van der Waals surface area (Å²) in [6, 6.07) is 5.88. The molecule has 0 unspecified atom stereocenters. The molecule has 0 atom stereocenters. The molecule has 0 amide bonds. The average Bonchev–Trinajstić information content (AvgIpc) is 2.88. The Morgan fingerprint density at radius 2 is 2.31 bits per heavy atom. The maximum absolute atomic E-state index is 5.57. The molecular formula is C11H10N4S. The quantitative estimate of drug-likeness (QED) is 0.731. The van der Waals surface area contributed by atoms with Crippen LogP contribution in [0.25, 0.3) is 16.3 Å². The third-order valence-corrected chi connectivity index (χ3v) is 3.24. The van der Waals surface area contributed by atoms with Gasteiger partial charge in [-0.15, -0.1) is 11.3 Å². The van der Waals surface area contributed by atoms with E-state index in [2.05, 4.69) is 15.3 Å². The Labute approximate surface area is 96.4 Å². The molecule has 0 fully saturated rings. The van der Waals surface area contributed by atoms with E-state index >= 15 is 0 Å². The fourth-order valence-electron chi connectivity index (χ4n) is 1.63. The molecular weight excluding hydrogens is 220 g/mol. The fraction of sp³-hybridized carbons (Fsp3) is 0.0909. The van der Waals surface area contributed by atoms with Crippen molar-refractivity contribution in [1.82, 2.24) is 14.4 Å². The number of fused-ring (bicyclic) bond motifs is 1. The van der Waals surface area contributed by atoms with Gasteiger partial charge in [0.1, 0.15) is 0 Å². The Balaban J connectivity index is 2.20. The minimum atomic E-state index is 0.468. The van der Waals surface area contributed by atoms with Gasteiger partial charge in [-0.2, -0.15) is 0 Å². The zero-order valence-electron chi connectivity index (χ0n) is 8.50. The summed E-state index contributed by atoms with van der Waals surface area (Å²) in [6.45, 7) is 0.468. The second kappa shape index (κ2) is 3.70. The summed E-state index contributed by atoms with van der Waals surface area (Å²) in [5.41, 5.74) is 8.50. The lowest BCUT2D eigenvalue weighted by molar-refractivity contribution is 1.02. The molecule has 0 radical (unpaired) electrons. The van der Waals surface area contributed by atoms with Gasteiger partial charge in [-0.05, 0) is 12.1 Å². The number of hydrogen-bond donors (Lipinski definition) is 1. The molecule has 0 spiro atoms. The maximum atomic E-state index is 5.57. The van der Waals surface area contributed by atoms with Crippen LogP contribution in [0.5, 0.6) is 0 Å². The minimum Gasteiger partial charge on any atom is -0.325 e. The highest BCUT2D eigenvalue weighted by molar-refractivity contribution is 7.15. The van der Waals surface area contributed by atoms with Crippen molar-refractivity contribution in [2.24, 2.45) is 5.73 Å². The molecule has 2 N–H and O–H groups in total. The molecule has 0 bridgehead atoms. The zero-order chi connectivity index (χ0) is 11.0. The highest BCUT2D eigenvalue weighted by Crippen LogP contribution is 2.24. The number of nitrogens with two attached hydrogens (primary N) is 1. The number of nitrogens with zero attached hydrogens (tertiary/aromatic N) is 3. The number of imidazole rings is 1. The molecule has 0 aromatic carbocycles. The van der Waals surface area contributed by atoms with Gasteiger partial charge >= 0.3 is 0 Å². The molecule has 0 saturated carbocycles. The lowest BCUT2D eigenvalue weighted by Crippen LogP contribution is -1.95. The third-order valence-electron chi connectivity index (χ3n) is 2.40. The highest BCUT2D eigenvalue weighted by Gasteiger charge is 2.09. The standard InChI is InChI=1S/C11H10N4S/c12-5-8-6-15-10(7-16-11(15)14-8)9-3-1-2-4-13-9/h1-4,6-7H,5,12H2. The SMILES string of the molecule is NCc1cn2c(-c3ccccn3)csc2n1. The highest BCUT2D eigenvalue weighted by atomic mass is 32.1. The zero-order valence-corrected chi connectivity index (χ0v) is 9.31. The van der Waals surface area contributed by atoms with Crippen LogP contribution in [0.2, 0.25) is 0 Å². The molecule has 0 saturated heterocycles. The summed E-state index contributed by atoms with van der Waals surface area (Å²) >= 11 is 1.60. The van der Waals surface area contributed by atoms with Gasteiger partial charge in [0, 0.05) is 24.3 Å². The predicted octanol–water partition coefficient (Wildman–Crippen LogP) is 1.92. The van der Waals surface area contributed by atoms with E-state index in [1.165, 1.54) is 0 Å². The van der Waals surface area contributed by atoms with E-state index < -0.39 is 0 Å². The maximum Gasteiger partial charge on any atom is 0.194 e. The van der Waals surface area contributed by atoms with E-state index in [4.69, 9.17) is 5.73 Å². The largest absolute Gasteiger partial charge is 0.325 e. The van der Waals surface area contributed by atoms with Crippen molar-refractivity contribution in [2.45, 2.75) is 6.54 Å². The Bertz CT molecular complexity index is 611. The van der Waals surface area contributed by atoms with Crippen LogP contribution >= 0.6 is 11.3 Å². The normalized spacial score (nSPS) is 11.1. The average molecular weight is 230 g/mol. The van der Waals surface area contributed by atoms with Crippen molar-refractivity contribution in [3.05, 3.63) is 41.7 Å². The van der Waals surface area contributed by atoms with Gasteiger partial charge in [0.2, 0.25) is 0 Å². The van der Waals surface area contributed by atoms with Crippen LogP contribution in [-0.2, 0) is 6.54 Å². The topological polar surface area (TPSA) is 56.2 Å². The van der Waals surface area contributed by atoms with Crippen molar-refractivity contribution in [3.8, 4) is 11.4 Å². The summed E-state index contributed by atoms with van der Waals surface area (Å²) in [5.74, 6) is 0. The van der Waals surface area contributed by atoms with Gasteiger partial charge in [-0.3, -0.25) is 9.38 Å². The van der Waals surface area contributed by atoms with Gasteiger partial charge in [-0.1, -0.05) is 6.07 Å². The summed E-state index contributed by atoms with van der Waals surface area (Å²) in [6.07, 6.45) is 3.76. The molecule has 16 heavy (non-hydrogen) atoms. The minimum absolute atomic E-state index is 0.468. The van der Waals surface area contributed by atoms with Gasteiger partial charge < -0.3 is 5.73 Å². The van der Waals surface area contributed by atoms with Crippen LogP contribution in [0.15, 0.2) is 36.0 Å². The molecule has 3 heterocycles. The molecule has 4 nitrogen and oxygen atoms in total. The van der Waals surface area contributed by atoms with Crippen LogP contribution in [0.4, 0.5) is 0 Å². The van der Waals surface area contributed by atoms with Crippen molar-refractivity contribution >= 4 is 16.3 Å². The summed E-state index contributed by atoms with van der Waals surface area (Å²) in [5, 5.41) is 2.06. The van der Waals surface area contributed by atoms with Crippen LogP contribution in [0, 0.1) is 0 Å². The summed E-state index contributed by atoms with van der Waals surface area (Å²) in [7, 11) is 0. The monoisotopic (exact) mass is 230 g/mol. The van der Waals surface area contributed by atoms with Crippen LogP contribution in [0.1, 0.15) is 5.69 Å². The smallest absolute Gasteiger partial charge is 0.194 e. The lowest BCUT2D eigenvalue weighted by atomic mass is 10.3. The van der Waals surface area contributed by atoms with Crippen LogP contribution in [0.3, 0.4) is 0 Å². The molecule has 80 valence electrons. The molecule has 0 aliphatic rings. The first-order valence-corrected chi connectivity index (χ1v) is 5.83. The lowest BCUT2D eigenvalue weighted by Gasteiger charge is -1.96. The second-order valence-corrected chi connectivity index (χ2v) is 4.26. The van der Waals surface area contributed by atoms with Gasteiger partial charge in [0.15, 0.2) is 4.96 Å². The third kappa shape index (κ3) is 1.41. The van der Waals surface area contributed by atoms with Crippen molar-refractivity contribution < 1.29 is 0 Å². The number of pyridine rings is 1. The van der Waals surface area contributed by atoms with Gasteiger partial charge in [-0.25, -0.2) is 4.98 Å². The van der Waals surface area contributed by atoms with E-state index in [9.17, 15) is 0 Å². The number of rotatable bonds is 2. The molecule has 3 aromatic heterocycles. The fourth-order valence-corrected chi connectivity index (χ4v) is 2.51. The molecule has 0 aliphatic heterocycles. The Morgan fingerprint density at radius 1 is 1.38 bits per heavy atom. The Kier molecular flexibility index (Phi) is 2.19. The molecule has 0 aliphatic carbocycles. The first-order chi connectivity index (χ1) is 7.88. The Hall–Kier alpha value is -1.72. The molecule has 3 aromatic rings. The molecule has 3 rings (SSSR count). The number of aromatic nitrogens is 3. The van der Waals surface area contributed by atoms with Crippen molar-refractivity contribution in [2.75, 3.05) is 0 Å². The summed E-state index contributed by atoms with van der Waals surface area (Å²) < 4.78 is 2.04. The second-order valence-electron chi connectivity index (χ2n) is 3.42. The first-order valence-electron chi connectivity index (χ1n) is 4.95. The van der Waals surface area contributed by atoms with Crippen LogP contribution < -0.4 is 5.73 Å². The van der Waals surface area contributed by atoms with Crippen molar-refractivity contribution in [3.63, 3.8) is 0 Å². The summed E-state index contributed by atoms with van der Waals surface area (Å²) in [4.78, 5) is 9.70. The van der Waals surface area contributed by atoms with Gasteiger partial charge in [0.05, 0.1) is 17.1 Å². The van der Waals surface area contributed by atoms with Crippen LogP contribution in [-0.4, -0.2) is 14.4 Å². The van der Waals surface area contributed by atoms with E-state index in [0.717, 1.165) is 22.0 Å². The van der Waals surface area contributed by atoms with E-state index in [0.29, 0.717) is 6.54 Å². The van der Waals surface area contributed by atoms with Gasteiger partial charge in [0.25, 0.3) is 0 Å². The van der Waals surface area contributed by atoms with E-state index in [1.807, 2.05) is 28.8 Å². The predicted molar refractivity (Wildman–Crippen MR) is 64.2 cm³/mol. The number of hydrogen-bond acceptors (Lipinski definition) is 4. The Morgan fingerprint density at radius 3 is 3.06 bits per heavy atom.